The number of β-amino-alcohol motifs (C(OH)–C–C–N with tert-alkyl or cyclic N) is 1. The minimum atomic E-state index is -0.0869. The number of hydrogen-bond donors (Lipinski definition) is 1. The van der Waals surface area contributed by atoms with Gasteiger partial charge in [-0.15, -0.1) is 0 Å². The van der Waals surface area contributed by atoms with Gasteiger partial charge in [0.25, 0.3) is 0 Å². The number of aliphatic hydroxyl groups is 1. The summed E-state index contributed by atoms with van der Waals surface area (Å²) in [6.45, 7) is 3.99. The summed E-state index contributed by atoms with van der Waals surface area (Å²) in [5.41, 5.74) is 0. The first-order valence-corrected chi connectivity index (χ1v) is 5.22. The van der Waals surface area contributed by atoms with Crippen molar-refractivity contribution >= 4 is 0 Å². The Hall–Kier alpha value is -0.120. The summed E-state index contributed by atoms with van der Waals surface area (Å²) >= 11 is 0. The molecule has 0 aliphatic carbocycles. The van der Waals surface area contributed by atoms with Crippen LogP contribution in [0, 0.1) is 0 Å². The van der Waals surface area contributed by atoms with Gasteiger partial charge in [-0.3, -0.25) is 0 Å². The normalized spacial score (nSPS) is 24.9. The zero-order valence-corrected chi connectivity index (χ0v) is 8.54. The van der Waals surface area contributed by atoms with Gasteiger partial charge in [-0.05, 0) is 38.8 Å². The van der Waals surface area contributed by atoms with Crippen LogP contribution in [0.15, 0.2) is 0 Å². The molecule has 13 heavy (non-hydrogen) atoms. The second-order valence-electron chi connectivity index (χ2n) is 3.80. The summed E-state index contributed by atoms with van der Waals surface area (Å²) in [6, 6.07) is 0. The van der Waals surface area contributed by atoms with Crippen LogP contribution >= 0.6 is 0 Å². The predicted octanol–water partition coefficient (Wildman–Crippen LogP) is 0.870. The zero-order chi connectivity index (χ0) is 9.52. The van der Waals surface area contributed by atoms with E-state index in [1.165, 1.54) is 6.42 Å². The van der Waals surface area contributed by atoms with Crippen molar-refractivity contribution in [2.75, 3.05) is 33.4 Å². The van der Waals surface area contributed by atoms with Crippen LogP contribution in [0.25, 0.3) is 0 Å². The molecule has 0 bridgehead atoms. The average Bonchev–Trinajstić information content (AvgIpc) is 2.13. The maximum atomic E-state index is 9.42. The molecule has 0 aromatic rings. The first-order valence-electron chi connectivity index (χ1n) is 5.22. The van der Waals surface area contributed by atoms with Crippen molar-refractivity contribution in [3.05, 3.63) is 0 Å². The molecule has 3 nitrogen and oxygen atoms in total. The van der Waals surface area contributed by atoms with Crippen LogP contribution in [0.1, 0.15) is 25.7 Å². The molecular weight excluding hydrogens is 166 g/mol. The topological polar surface area (TPSA) is 32.7 Å². The van der Waals surface area contributed by atoms with E-state index in [0.29, 0.717) is 0 Å². The number of nitrogens with zero attached hydrogens (tertiary/aromatic N) is 1. The molecule has 1 saturated heterocycles. The molecule has 0 aromatic heterocycles. The highest BCUT2D eigenvalue weighted by atomic mass is 16.5. The molecule has 1 heterocycles. The number of unbranched alkanes of at least 4 members (excludes halogenated alkanes) is 1. The van der Waals surface area contributed by atoms with Crippen molar-refractivity contribution < 1.29 is 9.84 Å². The Morgan fingerprint density at radius 3 is 3.00 bits per heavy atom. The Morgan fingerprint density at radius 2 is 2.31 bits per heavy atom. The number of likely N-dealkylation sites (tertiary alicyclic amines) is 1. The molecular formula is C10H21NO2. The smallest absolute Gasteiger partial charge is 0.0667 e. The van der Waals surface area contributed by atoms with Gasteiger partial charge in [-0.25, -0.2) is 0 Å². The second-order valence-corrected chi connectivity index (χ2v) is 3.80. The minimum Gasteiger partial charge on any atom is -0.392 e. The van der Waals surface area contributed by atoms with Gasteiger partial charge in [-0.1, -0.05) is 0 Å². The minimum absolute atomic E-state index is 0.0869. The van der Waals surface area contributed by atoms with Gasteiger partial charge in [0.15, 0.2) is 0 Å². The fraction of sp³-hybridized carbons (Fsp3) is 1.00. The van der Waals surface area contributed by atoms with E-state index in [0.717, 1.165) is 45.5 Å². The predicted molar refractivity (Wildman–Crippen MR) is 52.8 cm³/mol. The molecule has 78 valence electrons. The van der Waals surface area contributed by atoms with Crippen molar-refractivity contribution in [2.45, 2.75) is 31.8 Å². The summed E-state index contributed by atoms with van der Waals surface area (Å²) in [7, 11) is 1.74. The van der Waals surface area contributed by atoms with Gasteiger partial charge in [0, 0.05) is 20.3 Å². The maximum Gasteiger partial charge on any atom is 0.0667 e. The monoisotopic (exact) mass is 187 g/mol. The highest BCUT2D eigenvalue weighted by Gasteiger charge is 2.16. The fourth-order valence-corrected chi connectivity index (χ4v) is 1.82. The van der Waals surface area contributed by atoms with E-state index in [1.54, 1.807) is 7.11 Å². The Bertz CT molecular complexity index is 130. The third kappa shape index (κ3) is 4.60. The second kappa shape index (κ2) is 6.35. The lowest BCUT2D eigenvalue weighted by molar-refractivity contribution is 0.0684. The fourth-order valence-electron chi connectivity index (χ4n) is 1.82. The summed E-state index contributed by atoms with van der Waals surface area (Å²) in [6.07, 6.45) is 4.35. The molecule has 0 aromatic carbocycles. The van der Waals surface area contributed by atoms with Crippen LogP contribution in [-0.4, -0.2) is 49.5 Å². The number of methoxy groups -OCH3 is 1. The van der Waals surface area contributed by atoms with E-state index >= 15 is 0 Å². The Balaban J connectivity index is 2.00. The molecule has 0 radical (unpaired) electrons. The Morgan fingerprint density at radius 1 is 1.46 bits per heavy atom. The van der Waals surface area contributed by atoms with Crippen LogP contribution in [0.3, 0.4) is 0 Å². The van der Waals surface area contributed by atoms with Crippen molar-refractivity contribution in [3.63, 3.8) is 0 Å². The standard InChI is InChI=1S/C10H21NO2/c1-13-8-3-2-6-11-7-4-5-10(12)9-11/h10,12H,2-9H2,1H3/t10-/m0/s1. The van der Waals surface area contributed by atoms with Gasteiger partial charge in [-0.2, -0.15) is 0 Å². The van der Waals surface area contributed by atoms with Gasteiger partial charge in [0.2, 0.25) is 0 Å². The van der Waals surface area contributed by atoms with E-state index in [-0.39, 0.29) is 6.10 Å². The summed E-state index contributed by atoms with van der Waals surface area (Å²) in [4.78, 5) is 2.35. The van der Waals surface area contributed by atoms with Crippen LogP contribution in [0.2, 0.25) is 0 Å². The van der Waals surface area contributed by atoms with Crippen LogP contribution < -0.4 is 0 Å². The summed E-state index contributed by atoms with van der Waals surface area (Å²) in [5, 5.41) is 9.42. The van der Waals surface area contributed by atoms with Gasteiger partial charge in [0.05, 0.1) is 6.10 Å². The highest BCUT2D eigenvalue weighted by Crippen LogP contribution is 2.10. The number of rotatable bonds is 5. The molecule has 1 aliphatic heterocycles. The molecule has 3 heteroatoms. The zero-order valence-electron chi connectivity index (χ0n) is 8.54. The van der Waals surface area contributed by atoms with Crippen LogP contribution in [0.4, 0.5) is 0 Å². The lowest BCUT2D eigenvalue weighted by Crippen LogP contribution is -2.38. The van der Waals surface area contributed by atoms with Crippen molar-refractivity contribution in [1.82, 2.24) is 4.90 Å². The maximum absolute atomic E-state index is 9.42. The van der Waals surface area contributed by atoms with E-state index < -0.39 is 0 Å². The van der Waals surface area contributed by atoms with Crippen molar-refractivity contribution in [2.24, 2.45) is 0 Å². The third-order valence-corrected chi connectivity index (χ3v) is 2.55. The molecule has 0 amide bonds. The lowest BCUT2D eigenvalue weighted by atomic mass is 10.1. The molecule has 1 rings (SSSR count). The highest BCUT2D eigenvalue weighted by molar-refractivity contribution is 4.71. The molecule has 0 unspecified atom stereocenters. The van der Waals surface area contributed by atoms with Crippen molar-refractivity contribution in [3.8, 4) is 0 Å². The Labute approximate surface area is 80.7 Å². The number of piperidine rings is 1. The van der Waals surface area contributed by atoms with E-state index in [4.69, 9.17) is 4.74 Å². The molecule has 1 atom stereocenters. The molecule has 0 saturated carbocycles. The number of hydrogen-bond acceptors (Lipinski definition) is 3. The van der Waals surface area contributed by atoms with Crippen LogP contribution in [0.5, 0.6) is 0 Å². The van der Waals surface area contributed by atoms with E-state index in [9.17, 15) is 5.11 Å². The third-order valence-electron chi connectivity index (χ3n) is 2.55. The van der Waals surface area contributed by atoms with Crippen LogP contribution in [-0.2, 0) is 4.74 Å². The van der Waals surface area contributed by atoms with Gasteiger partial charge >= 0.3 is 0 Å². The lowest BCUT2D eigenvalue weighted by Gasteiger charge is -2.29. The van der Waals surface area contributed by atoms with Gasteiger partial charge in [0.1, 0.15) is 0 Å². The van der Waals surface area contributed by atoms with Crippen molar-refractivity contribution in [1.29, 1.82) is 0 Å². The summed E-state index contributed by atoms with van der Waals surface area (Å²) < 4.78 is 4.98. The van der Waals surface area contributed by atoms with Gasteiger partial charge < -0.3 is 14.7 Å². The quantitative estimate of drug-likeness (QED) is 0.648. The largest absolute Gasteiger partial charge is 0.392 e. The average molecular weight is 187 g/mol. The molecule has 1 aliphatic rings. The molecule has 1 N–H and O–H groups in total. The Kier molecular flexibility index (Phi) is 5.35. The SMILES string of the molecule is COCCCCN1CCC[C@H](O)C1. The first-order chi connectivity index (χ1) is 6.33. The number of aliphatic hydroxyl groups excluding tert-OH is 1. The molecule has 0 spiro atoms. The van der Waals surface area contributed by atoms with E-state index in [1.807, 2.05) is 0 Å². The number of ether oxygens (including phenoxy) is 1. The molecule has 1 fully saturated rings. The van der Waals surface area contributed by atoms with E-state index in [2.05, 4.69) is 4.90 Å². The first kappa shape index (κ1) is 11.0. The summed E-state index contributed by atoms with van der Waals surface area (Å²) in [5.74, 6) is 0.